The van der Waals surface area contributed by atoms with Crippen LogP contribution in [0, 0.1) is 6.92 Å². The Morgan fingerprint density at radius 2 is 1.68 bits per heavy atom. The summed E-state index contributed by atoms with van der Waals surface area (Å²) < 4.78 is 0.773. The highest BCUT2D eigenvalue weighted by Crippen LogP contribution is 2.31. The highest BCUT2D eigenvalue weighted by Gasteiger charge is 2.11. The predicted octanol–water partition coefficient (Wildman–Crippen LogP) is 6.80. The SMILES string of the molecule is Cc1ccccc1-c1nc(-c2ccc(NC(=O)c3ccccc3Br)cc2)cs1. The molecule has 1 heterocycles. The van der Waals surface area contributed by atoms with E-state index in [0.29, 0.717) is 5.56 Å². The summed E-state index contributed by atoms with van der Waals surface area (Å²) in [6, 6.07) is 23.4. The van der Waals surface area contributed by atoms with Crippen LogP contribution in [0.5, 0.6) is 0 Å². The van der Waals surface area contributed by atoms with Crippen molar-refractivity contribution in [1.82, 2.24) is 4.98 Å². The lowest BCUT2D eigenvalue weighted by molar-refractivity contribution is 0.102. The van der Waals surface area contributed by atoms with Gasteiger partial charge in [0.25, 0.3) is 5.91 Å². The summed E-state index contributed by atoms with van der Waals surface area (Å²) in [5, 5.41) is 6.01. The number of halogens is 1. The third kappa shape index (κ3) is 3.91. The van der Waals surface area contributed by atoms with E-state index in [9.17, 15) is 4.79 Å². The van der Waals surface area contributed by atoms with Crippen molar-refractivity contribution in [3.8, 4) is 21.8 Å². The second-order valence-corrected chi connectivity index (χ2v) is 8.08. The van der Waals surface area contributed by atoms with Crippen LogP contribution in [0.15, 0.2) is 82.6 Å². The van der Waals surface area contributed by atoms with Crippen LogP contribution in [0.2, 0.25) is 0 Å². The molecule has 4 aromatic rings. The van der Waals surface area contributed by atoms with E-state index in [1.54, 1.807) is 17.4 Å². The molecular weight excluding hydrogens is 432 g/mol. The second kappa shape index (κ2) is 8.09. The fraction of sp³-hybridized carbons (Fsp3) is 0.0435. The van der Waals surface area contributed by atoms with Gasteiger partial charge in [0.05, 0.1) is 11.3 Å². The summed E-state index contributed by atoms with van der Waals surface area (Å²) in [6.45, 7) is 2.10. The van der Waals surface area contributed by atoms with Gasteiger partial charge >= 0.3 is 0 Å². The molecule has 0 bridgehead atoms. The van der Waals surface area contributed by atoms with Gasteiger partial charge in [-0.05, 0) is 52.7 Å². The number of carbonyl (C=O) groups is 1. The van der Waals surface area contributed by atoms with Crippen LogP contribution in [0.3, 0.4) is 0 Å². The van der Waals surface area contributed by atoms with Gasteiger partial charge in [0, 0.05) is 26.7 Å². The van der Waals surface area contributed by atoms with E-state index in [1.165, 1.54) is 5.56 Å². The van der Waals surface area contributed by atoms with E-state index < -0.39 is 0 Å². The van der Waals surface area contributed by atoms with Crippen molar-refractivity contribution in [2.24, 2.45) is 0 Å². The van der Waals surface area contributed by atoms with Gasteiger partial charge in [-0.25, -0.2) is 4.98 Å². The topological polar surface area (TPSA) is 42.0 Å². The summed E-state index contributed by atoms with van der Waals surface area (Å²) in [4.78, 5) is 17.2. The predicted molar refractivity (Wildman–Crippen MR) is 120 cm³/mol. The first-order valence-electron chi connectivity index (χ1n) is 8.79. The van der Waals surface area contributed by atoms with E-state index in [1.807, 2.05) is 54.6 Å². The molecule has 0 saturated heterocycles. The van der Waals surface area contributed by atoms with Crippen molar-refractivity contribution in [3.63, 3.8) is 0 Å². The average molecular weight is 449 g/mol. The maximum Gasteiger partial charge on any atom is 0.256 e. The summed E-state index contributed by atoms with van der Waals surface area (Å²) in [5.74, 6) is -0.143. The molecule has 4 rings (SSSR count). The molecule has 0 atom stereocenters. The molecule has 0 fully saturated rings. The quantitative estimate of drug-likeness (QED) is 0.372. The summed E-state index contributed by atoms with van der Waals surface area (Å²) >= 11 is 5.05. The minimum Gasteiger partial charge on any atom is -0.322 e. The van der Waals surface area contributed by atoms with Gasteiger partial charge in [0.2, 0.25) is 0 Å². The van der Waals surface area contributed by atoms with Crippen LogP contribution in [-0.2, 0) is 0 Å². The minimum absolute atomic E-state index is 0.143. The van der Waals surface area contributed by atoms with Crippen LogP contribution in [0.1, 0.15) is 15.9 Å². The van der Waals surface area contributed by atoms with E-state index in [-0.39, 0.29) is 5.91 Å². The molecule has 28 heavy (non-hydrogen) atoms. The Morgan fingerprint density at radius 1 is 0.964 bits per heavy atom. The third-order valence-corrected chi connectivity index (χ3v) is 6.00. The molecule has 1 aromatic heterocycles. The van der Waals surface area contributed by atoms with E-state index >= 15 is 0 Å². The maximum atomic E-state index is 12.4. The van der Waals surface area contributed by atoms with Gasteiger partial charge in [0.15, 0.2) is 0 Å². The molecule has 0 saturated carbocycles. The van der Waals surface area contributed by atoms with E-state index in [0.717, 1.165) is 32.0 Å². The number of anilines is 1. The molecule has 1 amide bonds. The molecule has 3 aromatic carbocycles. The summed E-state index contributed by atoms with van der Waals surface area (Å²) in [7, 11) is 0. The number of rotatable bonds is 4. The number of nitrogens with one attached hydrogen (secondary N) is 1. The van der Waals surface area contributed by atoms with E-state index in [4.69, 9.17) is 4.98 Å². The molecule has 138 valence electrons. The Morgan fingerprint density at radius 3 is 2.43 bits per heavy atom. The molecule has 0 aliphatic heterocycles. The first-order valence-corrected chi connectivity index (χ1v) is 10.5. The van der Waals surface area contributed by atoms with Gasteiger partial charge < -0.3 is 5.32 Å². The highest BCUT2D eigenvalue weighted by atomic mass is 79.9. The number of aromatic nitrogens is 1. The zero-order valence-electron chi connectivity index (χ0n) is 15.1. The van der Waals surface area contributed by atoms with E-state index in [2.05, 4.69) is 45.7 Å². The van der Waals surface area contributed by atoms with Crippen LogP contribution in [0.25, 0.3) is 21.8 Å². The molecule has 0 aliphatic rings. The Kier molecular flexibility index (Phi) is 5.37. The van der Waals surface area contributed by atoms with Crippen molar-refractivity contribution in [1.29, 1.82) is 0 Å². The van der Waals surface area contributed by atoms with Crippen molar-refractivity contribution in [3.05, 3.63) is 93.8 Å². The molecular formula is C23H17BrN2OS. The normalized spacial score (nSPS) is 10.6. The number of nitrogens with zero attached hydrogens (tertiary/aromatic N) is 1. The lowest BCUT2D eigenvalue weighted by Crippen LogP contribution is -2.12. The number of thiazole rings is 1. The van der Waals surface area contributed by atoms with Crippen molar-refractivity contribution < 1.29 is 4.79 Å². The Bertz CT molecular complexity index is 1140. The first-order chi connectivity index (χ1) is 13.6. The Labute approximate surface area is 176 Å². The number of aryl methyl sites for hydroxylation is 1. The third-order valence-electron chi connectivity index (χ3n) is 4.44. The number of benzene rings is 3. The van der Waals surface area contributed by atoms with Crippen molar-refractivity contribution in [2.45, 2.75) is 6.92 Å². The lowest BCUT2D eigenvalue weighted by Gasteiger charge is -2.07. The minimum atomic E-state index is -0.143. The van der Waals surface area contributed by atoms with Gasteiger partial charge in [-0.2, -0.15) is 0 Å². The molecule has 1 N–H and O–H groups in total. The standard InChI is InChI=1S/C23H17BrN2OS/c1-15-6-2-3-7-18(15)23-26-21(14-28-23)16-10-12-17(13-11-16)25-22(27)19-8-4-5-9-20(19)24/h2-14H,1H3,(H,25,27). The van der Waals surface area contributed by atoms with Crippen molar-refractivity contribution >= 4 is 38.9 Å². The average Bonchev–Trinajstić information content (AvgIpc) is 3.19. The number of amides is 1. The lowest BCUT2D eigenvalue weighted by atomic mass is 10.1. The molecule has 0 spiro atoms. The number of carbonyl (C=O) groups excluding carboxylic acids is 1. The Balaban J connectivity index is 1.52. The van der Waals surface area contributed by atoms with Gasteiger partial charge in [-0.1, -0.05) is 48.5 Å². The Hall–Kier alpha value is -2.76. The zero-order valence-corrected chi connectivity index (χ0v) is 17.5. The zero-order chi connectivity index (χ0) is 19.5. The summed E-state index contributed by atoms with van der Waals surface area (Å²) in [5.41, 5.74) is 5.69. The molecule has 3 nitrogen and oxygen atoms in total. The monoisotopic (exact) mass is 448 g/mol. The van der Waals surface area contributed by atoms with Crippen LogP contribution >= 0.6 is 27.3 Å². The molecule has 5 heteroatoms. The maximum absolute atomic E-state index is 12.4. The fourth-order valence-electron chi connectivity index (χ4n) is 2.91. The van der Waals surface area contributed by atoms with Crippen LogP contribution < -0.4 is 5.32 Å². The number of hydrogen-bond donors (Lipinski definition) is 1. The molecule has 0 radical (unpaired) electrons. The van der Waals surface area contributed by atoms with Crippen LogP contribution in [0.4, 0.5) is 5.69 Å². The molecule has 0 aliphatic carbocycles. The highest BCUT2D eigenvalue weighted by molar-refractivity contribution is 9.10. The fourth-order valence-corrected chi connectivity index (χ4v) is 4.29. The van der Waals surface area contributed by atoms with Gasteiger partial charge in [-0.15, -0.1) is 11.3 Å². The second-order valence-electron chi connectivity index (χ2n) is 6.36. The number of hydrogen-bond acceptors (Lipinski definition) is 3. The largest absolute Gasteiger partial charge is 0.322 e. The smallest absolute Gasteiger partial charge is 0.256 e. The van der Waals surface area contributed by atoms with Crippen molar-refractivity contribution in [2.75, 3.05) is 5.32 Å². The molecule has 0 unspecified atom stereocenters. The van der Waals surface area contributed by atoms with Crippen LogP contribution in [-0.4, -0.2) is 10.9 Å². The first kappa shape index (κ1) is 18.6. The summed E-state index contributed by atoms with van der Waals surface area (Å²) in [6.07, 6.45) is 0. The van der Waals surface area contributed by atoms with Gasteiger partial charge in [0.1, 0.15) is 5.01 Å². The van der Waals surface area contributed by atoms with Gasteiger partial charge in [-0.3, -0.25) is 4.79 Å².